The Morgan fingerprint density at radius 1 is 1.20 bits per heavy atom. The van der Waals surface area contributed by atoms with Gasteiger partial charge in [-0.15, -0.1) is 0 Å². The van der Waals surface area contributed by atoms with Gasteiger partial charge >= 0.3 is 0 Å². The van der Waals surface area contributed by atoms with E-state index in [0.29, 0.717) is 15.2 Å². The Morgan fingerprint density at radius 3 is 2.60 bits per heavy atom. The zero-order valence-electron chi connectivity index (χ0n) is 16.8. The fourth-order valence-corrected chi connectivity index (χ4v) is 4.75. The topological polar surface area (TPSA) is 73.8 Å². The summed E-state index contributed by atoms with van der Waals surface area (Å²) < 4.78 is 2.00. The molecule has 1 aromatic heterocycles. The molecule has 2 aliphatic heterocycles. The molecule has 2 aliphatic rings. The summed E-state index contributed by atoms with van der Waals surface area (Å²) in [7, 11) is 0. The molecule has 6 nitrogen and oxygen atoms in total. The van der Waals surface area contributed by atoms with Gasteiger partial charge in [0.15, 0.2) is 5.84 Å². The van der Waals surface area contributed by atoms with Crippen molar-refractivity contribution in [1.82, 2.24) is 9.58 Å². The van der Waals surface area contributed by atoms with Crippen LogP contribution < -0.4 is 0 Å². The van der Waals surface area contributed by atoms with Crippen molar-refractivity contribution in [1.29, 1.82) is 5.41 Å². The molecule has 0 radical (unpaired) electrons. The van der Waals surface area contributed by atoms with Crippen LogP contribution in [0.25, 0.3) is 11.8 Å². The fourth-order valence-electron chi connectivity index (χ4n) is 3.36. The molecule has 1 amide bonds. The van der Waals surface area contributed by atoms with Crippen LogP contribution >= 0.6 is 35.0 Å². The van der Waals surface area contributed by atoms with E-state index in [1.165, 1.54) is 16.8 Å². The van der Waals surface area contributed by atoms with Crippen LogP contribution in [-0.4, -0.2) is 31.5 Å². The normalized spacial score (nSPS) is 17.7. The molecule has 0 unspecified atom stereocenters. The number of aliphatic imine (C=N–C) groups is 1. The lowest BCUT2D eigenvalue weighted by Gasteiger charge is -2.20. The molecule has 30 heavy (non-hydrogen) atoms. The molecule has 2 aromatic rings. The first-order valence-corrected chi connectivity index (χ1v) is 10.9. The van der Waals surface area contributed by atoms with E-state index >= 15 is 0 Å². The highest BCUT2D eigenvalue weighted by Crippen LogP contribution is 2.33. The SMILES string of the molecule is Cc1cc(/C=C2/C(=N)N3N=C(C(C)C)SC3=NC2=O)c(C)n1-c1ccc(Cl)cc1Cl. The van der Waals surface area contributed by atoms with E-state index in [2.05, 4.69) is 10.1 Å². The molecule has 1 N–H and O–H groups in total. The summed E-state index contributed by atoms with van der Waals surface area (Å²) in [5.74, 6) is -0.211. The number of thioether (sulfide) groups is 1. The number of carbonyl (C=O) groups is 1. The van der Waals surface area contributed by atoms with Crippen LogP contribution in [0.15, 0.2) is 39.9 Å². The Balaban J connectivity index is 1.76. The van der Waals surface area contributed by atoms with Crippen LogP contribution in [0.1, 0.15) is 30.8 Å². The minimum Gasteiger partial charge on any atom is -0.316 e. The van der Waals surface area contributed by atoms with Gasteiger partial charge in [-0.1, -0.05) is 37.0 Å². The number of hydrogen-bond donors (Lipinski definition) is 1. The van der Waals surface area contributed by atoms with Crippen LogP contribution in [-0.2, 0) is 4.79 Å². The lowest BCUT2D eigenvalue weighted by Crippen LogP contribution is -2.35. The zero-order chi connectivity index (χ0) is 21.7. The van der Waals surface area contributed by atoms with Gasteiger partial charge in [0.1, 0.15) is 5.04 Å². The smallest absolute Gasteiger partial charge is 0.283 e. The molecule has 1 aromatic carbocycles. The third-order valence-corrected chi connectivity index (χ3v) is 6.63. The first-order chi connectivity index (χ1) is 14.2. The largest absolute Gasteiger partial charge is 0.316 e. The van der Waals surface area contributed by atoms with Crippen molar-refractivity contribution in [2.24, 2.45) is 16.0 Å². The van der Waals surface area contributed by atoms with Crippen LogP contribution in [0.4, 0.5) is 0 Å². The predicted molar refractivity (Wildman–Crippen MR) is 125 cm³/mol. The first-order valence-electron chi connectivity index (χ1n) is 9.32. The number of amidine groups is 2. The molecule has 154 valence electrons. The Hall–Kier alpha value is -2.35. The Kier molecular flexibility index (Phi) is 5.38. The van der Waals surface area contributed by atoms with Gasteiger partial charge in [0, 0.05) is 22.3 Å². The second kappa shape index (κ2) is 7.72. The number of halogens is 2. The maximum absolute atomic E-state index is 12.7. The highest BCUT2D eigenvalue weighted by atomic mass is 35.5. The lowest BCUT2D eigenvalue weighted by atomic mass is 10.1. The Bertz CT molecular complexity index is 1190. The second-order valence-corrected chi connectivity index (χ2v) is 9.20. The minimum atomic E-state index is -0.437. The van der Waals surface area contributed by atoms with E-state index in [9.17, 15) is 4.79 Å². The fraction of sp³-hybridized carbons (Fsp3) is 0.238. The molecular weight excluding hydrogens is 441 g/mol. The zero-order valence-corrected chi connectivity index (χ0v) is 19.2. The molecule has 4 rings (SSSR count). The van der Waals surface area contributed by atoms with Crippen molar-refractivity contribution in [3.63, 3.8) is 0 Å². The van der Waals surface area contributed by atoms with E-state index < -0.39 is 5.91 Å². The monoisotopic (exact) mass is 459 g/mol. The number of benzene rings is 1. The van der Waals surface area contributed by atoms with Crippen LogP contribution in [0.3, 0.4) is 0 Å². The maximum Gasteiger partial charge on any atom is 0.283 e. The molecule has 0 spiro atoms. The van der Waals surface area contributed by atoms with Gasteiger partial charge in [0.25, 0.3) is 5.91 Å². The number of carbonyl (C=O) groups excluding carboxylic acids is 1. The molecule has 0 fully saturated rings. The maximum atomic E-state index is 12.7. The highest BCUT2D eigenvalue weighted by molar-refractivity contribution is 8.27. The number of fused-ring (bicyclic) bond motifs is 1. The van der Waals surface area contributed by atoms with Crippen LogP contribution in [0, 0.1) is 25.2 Å². The molecule has 3 heterocycles. The summed E-state index contributed by atoms with van der Waals surface area (Å²) in [5.41, 5.74) is 3.65. The first kappa shape index (κ1) is 20.9. The van der Waals surface area contributed by atoms with E-state index in [-0.39, 0.29) is 17.3 Å². The number of nitrogens with zero attached hydrogens (tertiary/aromatic N) is 4. The summed E-state index contributed by atoms with van der Waals surface area (Å²) in [6.07, 6.45) is 1.70. The number of aromatic nitrogens is 1. The number of hydrogen-bond acceptors (Lipinski definition) is 4. The Labute approximate surface area is 188 Å². The van der Waals surface area contributed by atoms with Crippen molar-refractivity contribution in [2.75, 3.05) is 0 Å². The number of nitrogens with one attached hydrogen (secondary N) is 1. The highest BCUT2D eigenvalue weighted by Gasteiger charge is 2.36. The summed E-state index contributed by atoms with van der Waals surface area (Å²) in [6.45, 7) is 7.94. The lowest BCUT2D eigenvalue weighted by molar-refractivity contribution is -0.114. The van der Waals surface area contributed by atoms with E-state index in [0.717, 1.165) is 27.7 Å². The molecule has 9 heteroatoms. The number of rotatable bonds is 3. The molecule has 0 bridgehead atoms. The van der Waals surface area contributed by atoms with Crippen molar-refractivity contribution in [3.05, 3.63) is 56.8 Å². The second-order valence-electron chi connectivity index (χ2n) is 7.37. The van der Waals surface area contributed by atoms with Gasteiger partial charge in [-0.25, -0.2) is 0 Å². The van der Waals surface area contributed by atoms with Gasteiger partial charge in [-0.2, -0.15) is 15.1 Å². The molecule has 0 aliphatic carbocycles. The number of hydrazone groups is 1. The van der Waals surface area contributed by atoms with Gasteiger partial charge < -0.3 is 4.57 Å². The molecule has 0 saturated heterocycles. The van der Waals surface area contributed by atoms with Crippen molar-refractivity contribution < 1.29 is 4.79 Å². The summed E-state index contributed by atoms with van der Waals surface area (Å²) in [6, 6.07) is 7.29. The van der Waals surface area contributed by atoms with Crippen LogP contribution in [0.2, 0.25) is 10.0 Å². The van der Waals surface area contributed by atoms with E-state index in [1.807, 2.05) is 44.4 Å². The van der Waals surface area contributed by atoms with Gasteiger partial charge in [-0.3, -0.25) is 10.2 Å². The number of amides is 1. The summed E-state index contributed by atoms with van der Waals surface area (Å²) >= 11 is 13.8. The third-order valence-electron chi connectivity index (χ3n) is 4.88. The quantitative estimate of drug-likeness (QED) is 0.600. The molecule has 0 saturated carbocycles. The van der Waals surface area contributed by atoms with Crippen molar-refractivity contribution >= 4 is 63.0 Å². The minimum absolute atomic E-state index is 0.0301. The average Bonchev–Trinajstić information content (AvgIpc) is 3.21. The average molecular weight is 460 g/mol. The van der Waals surface area contributed by atoms with Gasteiger partial charge in [0.2, 0.25) is 5.17 Å². The summed E-state index contributed by atoms with van der Waals surface area (Å²) in [4.78, 5) is 16.8. The Morgan fingerprint density at radius 2 is 1.93 bits per heavy atom. The molecular formula is C21H19Cl2N5OS. The van der Waals surface area contributed by atoms with Crippen molar-refractivity contribution in [2.45, 2.75) is 27.7 Å². The predicted octanol–water partition coefficient (Wildman–Crippen LogP) is 5.68. The standard InChI is InChI=1S/C21H19Cl2N5OS/c1-10(2)20-26-28-18(24)15(19(29)25-21(28)30-20)8-13-7-11(3)27(12(13)4)17-6-5-14(22)9-16(17)23/h5-10,24H,1-4H3/b15-8-,24-18?. The van der Waals surface area contributed by atoms with Gasteiger partial charge in [0.05, 0.1) is 16.3 Å². The van der Waals surface area contributed by atoms with E-state index in [1.54, 1.807) is 18.2 Å². The van der Waals surface area contributed by atoms with E-state index in [4.69, 9.17) is 28.6 Å². The van der Waals surface area contributed by atoms with Crippen LogP contribution in [0.5, 0.6) is 0 Å². The van der Waals surface area contributed by atoms with Gasteiger partial charge in [-0.05, 0) is 61.5 Å². The summed E-state index contributed by atoms with van der Waals surface area (Å²) in [5, 5.41) is 16.8. The third kappa shape index (κ3) is 3.51. The number of aryl methyl sites for hydroxylation is 1. The van der Waals surface area contributed by atoms with Crippen molar-refractivity contribution in [3.8, 4) is 5.69 Å². The molecule has 0 atom stereocenters.